The Kier molecular flexibility index (Phi) is 4.66. The molecule has 0 amide bonds. The number of rotatable bonds is 4. The topological polar surface area (TPSA) is 43.4 Å². The molecule has 0 saturated heterocycles. The summed E-state index contributed by atoms with van der Waals surface area (Å²) >= 11 is 1.28. The van der Waals surface area contributed by atoms with E-state index in [0.29, 0.717) is 15.3 Å². The van der Waals surface area contributed by atoms with Gasteiger partial charge in [0.2, 0.25) is 0 Å². The summed E-state index contributed by atoms with van der Waals surface area (Å²) in [6.45, 7) is 0. The second-order valence-corrected chi connectivity index (χ2v) is 27.8. The predicted molar refractivity (Wildman–Crippen MR) is 106 cm³/mol. The molecular formula is C19H27BrO3SSn. The molecule has 1 aromatic rings. The van der Waals surface area contributed by atoms with E-state index in [4.69, 9.17) is 4.18 Å². The van der Waals surface area contributed by atoms with Crippen LogP contribution < -0.4 is 0 Å². The third-order valence-electron chi connectivity index (χ3n) is 7.12. The van der Waals surface area contributed by atoms with Crippen LogP contribution in [0.4, 0.5) is 0 Å². The van der Waals surface area contributed by atoms with Crippen LogP contribution in [0, 0.1) is 17.8 Å². The van der Waals surface area contributed by atoms with Crippen LogP contribution >= 0.6 is 15.9 Å². The Hall–Kier alpha value is 0.409. The molecule has 0 aromatic heterocycles. The summed E-state index contributed by atoms with van der Waals surface area (Å²) in [6, 6.07) is 6.78. The van der Waals surface area contributed by atoms with Crippen LogP contribution in [0.2, 0.25) is 18.2 Å². The maximum absolute atomic E-state index is 12.8. The van der Waals surface area contributed by atoms with Gasteiger partial charge in [-0.15, -0.1) is 0 Å². The molecule has 25 heavy (non-hydrogen) atoms. The number of benzene rings is 1. The summed E-state index contributed by atoms with van der Waals surface area (Å²) in [6.07, 6.45) is 6.06. The van der Waals surface area contributed by atoms with Crippen molar-refractivity contribution in [3.8, 4) is 0 Å². The Bertz CT molecular complexity index is 753. The zero-order chi connectivity index (χ0) is 18.0. The molecule has 1 aromatic carbocycles. The summed E-state index contributed by atoms with van der Waals surface area (Å²) in [7, 11) is -3.68. The van der Waals surface area contributed by atoms with Crippen LogP contribution in [0.5, 0.6) is 0 Å². The average Bonchev–Trinajstić information content (AvgIpc) is 2.49. The molecule has 4 fully saturated rings. The Morgan fingerprint density at radius 1 is 1.04 bits per heavy atom. The molecule has 4 aliphatic carbocycles. The predicted octanol–water partition coefficient (Wildman–Crippen LogP) is 5.44. The number of hydrogen-bond donors (Lipinski definition) is 0. The molecule has 3 nitrogen and oxygen atoms in total. The van der Waals surface area contributed by atoms with E-state index in [2.05, 4.69) is 30.7 Å². The van der Waals surface area contributed by atoms with Crippen molar-refractivity contribution < 1.29 is 12.6 Å². The molecule has 4 bridgehead atoms. The van der Waals surface area contributed by atoms with Crippen molar-refractivity contribution in [1.29, 1.82) is 0 Å². The van der Waals surface area contributed by atoms with Crippen molar-refractivity contribution in [2.24, 2.45) is 17.8 Å². The van der Waals surface area contributed by atoms with E-state index in [0.717, 1.165) is 10.4 Å². The van der Waals surface area contributed by atoms with Gasteiger partial charge in [-0.1, -0.05) is 0 Å². The van der Waals surface area contributed by atoms with Gasteiger partial charge in [0.1, 0.15) is 0 Å². The quantitative estimate of drug-likeness (QED) is 0.382. The van der Waals surface area contributed by atoms with E-state index in [1.165, 1.54) is 32.1 Å². The van der Waals surface area contributed by atoms with Crippen molar-refractivity contribution in [1.82, 2.24) is 0 Å². The average molecular weight is 534 g/mol. The Morgan fingerprint density at radius 3 is 2.12 bits per heavy atom. The molecular weight excluding hydrogens is 507 g/mol. The molecule has 4 aliphatic rings. The maximum atomic E-state index is 12.8. The van der Waals surface area contributed by atoms with Gasteiger partial charge in [0.15, 0.2) is 0 Å². The van der Waals surface area contributed by atoms with Crippen molar-refractivity contribution in [3.05, 3.63) is 28.7 Å². The molecule has 6 heteroatoms. The minimum absolute atomic E-state index is 0.105. The van der Waals surface area contributed by atoms with Gasteiger partial charge >= 0.3 is 165 Å². The third kappa shape index (κ3) is 3.25. The van der Waals surface area contributed by atoms with Crippen LogP contribution in [0.1, 0.15) is 32.1 Å². The summed E-state index contributed by atoms with van der Waals surface area (Å²) < 4.78 is 32.9. The fourth-order valence-electron chi connectivity index (χ4n) is 5.86. The van der Waals surface area contributed by atoms with E-state index >= 15 is 0 Å². The van der Waals surface area contributed by atoms with Gasteiger partial charge in [0.05, 0.1) is 0 Å². The molecule has 4 saturated carbocycles. The van der Waals surface area contributed by atoms with Crippen LogP contribution in [-0.4, -0.2) is 32.9 Å². The van der Waals surface area contributed by atoms with Gasteiger partial charge in [0.25, 0.3) is 0 Å². The monoisotopic (exact) mass is 534 g/mol. The summed E-state index contributed by atoms with van der Waals surface area (Å²) in [4.78, 5) is 7.97. The molecule has 138 valence electrons. The molecule has 0 radical (unpaired) electrons. The van der Waals surface area contributed by atoms with Crippen molar-refractivity contribution >= 4 is 44.4 Å². The summed E-state index contributed by atoms with van der Waals surface area (Å²) in [5.41, 5.74) is 0. The van der Waals surface area contributed by atoms with E-state index in [9.17, 15) is 8.42 Å². The molecule has 0 spiro atoms. The zero-order valence-corrected chi connectivity index (χ0v) is 20.4. The number of hydrogen-bond acceptors (Lipinski definition) is 3. The van der Waals surface area contributed by atoms with Crippen molar-refractivity contribution in [2.75, 3.05) is 0 Å². The third-order valence-corrected chi connectivity index (χ3v) is 19.8. The van der Waals surface area contributed by atoms with Gasteiger partial charge in [-0.05, 0) is 0 Å². The molecule has 0 aliphatic heterocycles. The van der Waals surface area contributed by atoms with E-state index in [1.807, 2.05) is 0 Å². The SMILES string of the molecule is [CH3][Sn]([CH3])([CH3])[C]12CC3C[C@H](C1)C(OS(=O)(=O)c1ccc(Br)cc1)[C@@H](C3)C2. The van der Waals surface area contributed by atoms with Crippen LogP contribution in [-0.2, 0) is 14.3 Å². The second-order valence-electron chi connectivity index (χ2n) is 9.47. The molecule has 5 atom stereocenters. The normalized spacial score (nSPS) is 37.4. The first-order chi connectivity index (χ1) is 11.6. The van der Waals surface area contributed by atoms with Gasteiger partial charge < -0.3 is 0 Å². The van der Waals surface area contributed by atoms with Gasteiger partial charge in [-0.25, -0.2) is 0 Å². The van der Waals surface area contributed by atoms with Crippen LogP contribution in [0.15, 0.2) is 33.6 Å². The fourth-order valence-corrected chi connectivity index (χ4v) is 14.9. The van der Waals surface area contributed by atoms with Gasteiger partial charge in [-0.3, -0.25) is 0 Å². The first kappa shape index (κ1) is 18.8. The van der Waals surface area contributed by atoms with Crippen molar-refractivity contribution in [2.45, 2.75) is 61.4 Å². The second kappa shape index (κ2) is 6.21. The minimum atomic E-state index is -3.68. The standard InChI is InChI=1S/C16H18BrO3S.3CH3.Sn/c17-14-1-3-15(4-2-14)21(18,19)20-16-12-6-10-5-11(8-12)9-13(16)7-10;;;;/h1-4,10,12-13,16H,5-9H2;3*1H3;/t10?,12-,13+,16?;;;;. The Morgan fingerprint density at radius 2 is 1.60 bits per heavy atom. The van der Waals surface area contributed by atoms with E-state index in [1.54, 1.807) is 24.3 Å². The fraction of sp³-hybridized carbons (Fsp3) is 0.684. The van der Waals surface area contributed by atoms with E-state index in [-0.39, 0.29) is 11.0 Å². The van der Waals surface area contributed by atoms with E-state index < -0.39 is 28.5 Å². The molecule has 3 unspecified atom stereocenters. The molecule has 0 N–H and O–H groups in total. The molecule has 5 rings (SSSR count). The molecule has 0 heterocycles. The first-order valence-electron chi connectivity index (χ1n) is 9.29. The van der Waals surface area contributed by atoms with Gasteiger partial charge in [0, 0.05) is 0 Å². The Labute approximate surface area is 164 Å². The van der Waals surface area contributed by atoms with Crippen LogP contribution in [0.3, 0.4) is 0 Å². The van der Waals surface area contributed by atoms with Crippen LogP contribution in [0.25, 0.3) is 0 Å². The van der Waals surface area contributed by atoms with Gasteiger partial charge in [-0.2, -0.15) is 0 Å². The summed E-state index contributed by atoms with van der Waals surface area (Å²) in [5.74, 6) is 1.68. The summed E-state index contributed by atoms with van der Waals surface area (Å²) in [5, 5.41) is 0. The first-order valence-corrected chi connectivity index (χ1v) is 21.5. The number of halogens is 1. The Balaban J connectivity index is 1.58. The zero-order valence-electron chi connectivity index (χ0n) is 15.2. The van der Waals surface area contributed by atoms with Crippen molar-refractivity contribution in [3.63, 3.8) is 0 Å².